The number of methoxy groups -OCH3 is 1. The van der Waals surface area contributed by atoms with Gasteiger partial charge in [-0.2, -0.15) is 0 Å². The number of carbonyl (C=O) groups excluding carboxylic acids is 2. The standard InChI is InChI=1S/C15H26N2O3/c1-4-5-12-14(18)16-13(11-6-7-11)15(19)17(12)10(2)8-9-20-3/h10-13H,4-9H2,1-3H3,(H,16,18). The molecular formula is C15H26N2O3. The van der Waals surface area contributed by atoms with E-state index in [9.17, 15) is 9.59 Å². The zero-order chi connectivity index (χ0) is 14.7. The minimum atomic E-state index is -0.311. The van der Waals surface area contributed by atoms with E-state index < -0.39 is 0 Å². The number of hydrogen-bond donors (Lipinski definition) is 1. The first kappa shape index (κ1) is 15.3. The van der Waals surface area contributed by atoms with Crippen molar-refractivity contribution >= 4 is 11.8 Å². The van der Waals surface area contributed by atoms with Crippen LogP contribution >= 0.6 is 0 Å². The summed E-state index contributed by atoms with van der Waals surface area (Å²) in [6, 6.07) is -0.554. The van der Waals surface area contributed by atoms with Crippen molar-refractivity contribution in [2.45, 2.75) is 64.1 Å². The lowest BCUT2D eigenvalue weighted by Crippen LogP contribution is -2.66. The molecule has 1 saturated carbocycles. The molecule has 2 amide bonds. The van der Waals surface area contributed by atoms with Crippen LogP contribution in [0.5, 0.6) is 0 Å². The zero-order valence-corrected chi connectivity index (χ0v) is 12.7. The van der Waals surface area contributed by atoms with E-state index in [2.05, 4.69) is 5.32 Å². The van der Waals surface area contributed by atoms with Crippen LogP contribution in [0.25, 0.3) is 0 Å². The van der Waals surface area contributed by atoms with E-state index in [-0.39, 0.29) is 29.9 Å². The molecule has 0 aromatic heterocycles. The van der Waals surface area contributed by atoms with Gasteiger partial charge in [-0.1, -0.05) is 13.3 Å². The summed E-state index contributed by atoms with van der Waals surface area (Å²) in [5.74, 6) is 0.480. The Hall–Kier alpha value is -1.10. The molecule has 0 aromatic rings. The second-order valence-electron chi connectivity index (χ2n) is 6.00. The number of nitrogens with one attached hydrogen (secondary N) is 1. The van der Waals surface area contributed by atoms with E-state index in [0.717, 1.165) is 32.1 Å². The summed E-state index contributed by atoms with van der Waals surface area (Å²) in [6.07, 6.45) is 4.50. The Labute approximate surface area is 121 Å². The highest BCUT2D eigenvalue weighted by molar-refractivity contribution is 5.97. The van der Waals surface area contributed by atoms with Crippen LogP contribution in [0.2, 0.25) is 0 Å². The molecule has 1 heterocycles. The third-order valence-electron chi connectivity index (χ3n) is 4.33. The van der Waals surface area contributed by atoms with Crippen molar-refractivity contribution in [3.05, 3.63) is 0 Å². The van der Waals surface area contributed by atoms with E-state index >= 15 is 0 Å². The molecule has 2 rings (SSSR count). The Bertz CT molecular complexity index is 368. The SMILES string of the molecule is CCCC1C(=O)NC(C2CC2)C(=O)N1C(C)CCOC. The number of nitrogens with zero attached hydrogens (tertiary/aromatic N) is 1. The predicted molar refractivity (Wildman–Crippen MR) is 76.2 cm³/mol. The first-order valence-electron chi connectivity index (χ1n) is 7.71. The van der Waals surface area contributed by atoms with Crippen LogP contribution in [-0.2, 0) is 14.3 Å². The molecule has 0 bridgehead atoms. The van der Waals surface area contributed by atoms with Gasteiger partial charge in [-0.3, -0.25) is 9.59 Å². The first-order chi connectivity index (χ1) is 9.60. The molecule has 2 fully saturated rings. The summed E-state index contributed by atoms with van der Waals surface area (Å²) in [7, 11) is 1.66. The third kappa shape index (κ3) is 3.14. The highest BCUT2D eigenvalue weighted by atomic mass is 16.5. The van der Waals surface area contributed by atoms with Crippen molar-refractivity contribution in [3.63, 3.8) is 0 Å². The predicted octanol–water partition coefficient (Wildman–Crippen LogP) is 1.32. The summed E-state index contributed by atoms with van der Waals surface area (Å²) in [4.78, 5) is 26.9. The molecule has 3 atom stereocenters. The van der Waals surface area contributed by atoms with Crippen molar-refractivity contribution in [2.75, 3.05) is 13.7 Å². The van der Waals surface area contributed by atoms with E-state index in [1.807, 2.05) is 18.7 Å². The lowest BCUT2D eigenvalue weighted by molar-refractivity contribution is -0.153. The summed E-state index contributed by atoms with van der Waals surface area (Å²) < 4.78 is 5.11. The maximum absolute atomic E-state index is 12.7. The molecule has 114 valence electrons. The molecule has 1 aliphatic carbocycles. The van der Waals surface area contributed by atoms with Gasteiger partial charge in [0.25, 0.3) is 0 Å². The zero-order valence-electron chi connectivity index (χ0n) is 12.7. The van der Waals surface area contributed by atoms with E-state index in [0.29, 0.717) is 12.5 Å². The van der Waals surface area contributed by atoms with Crippen molar-refractivity contribution < 1.29 is 14.3 Å². The minimum absolute atomic E-state index is 0.0209. The summed E-state index contributed by atoms with van der Waals surface area (Å²) in [6.45, 7) is 4.67. The van der Waals surface area contributed by atoms with Crippen molar-refractivity contribution in [3.8, 4) is 0 Å². The largest absolute Gasteiger partial charge is 0.385 e. The first-order valence-corrected chi connectivity index (χ1v) is 7.71. The minimum Gasteiger partial charge on any atom is -0.385 e. The fourth-order valence-corrected chi connectivity index (χ4v) is 3.00. The molecule has 0 radical (unpaired) electrons. The Morgan fingerprint density at radius 2 is 2.10 bits per heavy atom. The number of amides is 2. The lowest BCUT2D eigenvalue weighted by Gasteiger charge is -2.42. The molecule has 20 heavy (non-hydrogen) atoms. The maximum Gasteiger partial charge on any atom is 0.246 e. The molecule has 5 nitrogen and oxygen atoms in total. The van der Waals surface area contributed by atoms with Gasteiger partial charge in [0.05, 0.1) is 0 Å². The normalized spacial score (nSPS) is 28.4. The van der Waals surface area contributed by atoms with Gasteiger partial charge in [-0.25, -0.2) is 0 Å². The van der Waals surface area contributed by atoms with E-state index in [1.165, 1.54) is 0 Å². The Morgan fingerprint density at radius 3 is 2.65 bits per heavy atom. The summed E-state index contributed by atoms with van der Waals surface area (Å²) >= 11 is 0. The third-order valence-corrected chi connectivity index (χ3v) is 4.33. The molecule has 0 aromatic carbocycles. The van der Waals surface area contributed by atoms with Crippen LogP contribution in [0.3, 0.4) is 0 Å². The fraction of sp³-hybridized carbons (Fsp3) is 0.867. The lowest BCUT2D eigenvalue weighted by atomic mass is 9.97. The van der Waals surface area contributed by atoms with E-state index in [1.54, 1.807) is 7.11 Å². The number of ether oxygens (including phenoxy) is 1. The van der Waals surface area contributed by atoms with Gasteiger partial charge in [0.2, 0.25) is 11.8 Å². The molecule has 1 aliphatic heterocycles. The smallest absolute Gasteiger partial charge is 0.246 e. The average molecular weight is 282 g/mol. The molecule has 5 heteroatoms. The van der Waals surface area contributed by atoms with Gasteiger partial charge in [-0.15, -0.1) is 0 Å². The maximum atomic E-state index is 12.7. The van der Waals surface area contributed by atoms with Crippen molar-refractivity contribution in [2.24, 2.45) is 5.92 Å². The molecular weight excluding hydrogens is 256 g/mol. The Balaban J connectivity index is 2.14. The number of piperazine rings is 1. The molecule has 1 saturated heterocycles. The molecule has 0 spiro atoms. The van der Waals surface area contributed by atoms with Gasteiger partial charge >= 0.3 is 0 Å². The Kier molecular flexibility index (Phi) is 5.02. The molecule has 2 aliphatic rings. The molecule has 3 unspecified atom stereocenters. The Morgan fingerprint density at radius 1 is 1.40 bits per heavy atom. The van der Waals surface area contributed by atoms with Crippen LogP contribution in [0.4, 0.5) is 0 Å². The van der Waals surface area contributed by atoms with Crippen LogP contribution in [0.15, 0.2) is 0 Å². The van der Waals surface area contributed by atoms with Crippen molar-refractivity contribution in [1.82, 2.24) is 10.2 Å². The van der Waals surface area contributed by atoms with Crippen LogP contribution < -0.4 is 5.32 Å². The van der Waals surface area contributed by atoms with Gasteiger partial charge in [0.1, 0.15) is 12.1 Å². The van der Waals surface area contributed by atoms with Crippen LogP contribution in [0.1, 0.15) is 46.0 Å². The number of rotatable bonds is 7. The van der Waals surface area contributed by atoms with E-state index in [4.69, 9.17) is 4.74 Å². The summed E-state index contributed by atoms with van der Waals surface area (Å²) in [5.41, 5.74) is 0. The fourth-order valence-electron chi connectivity index (χ4n) is 3.00. The van der Waals surface area contributed by atoms with Gasteiger partial charge in [-0.05, 0) is 38.5 Å². The van der Waals surface area contributed by atoms with Crippen LogP contribution in [-0.4, -0.2) is 48.6 Å². The summed E-state index contributed by atoms with van der Waals surface area (Å²) in [5, 5.41) is 2.94. The quantitative estimate of drug-likeness (QED) is 0.766. The average Bonchev–Trinajstić information content (AvgIpc) is 3.24. The topological polar surface area (TPSA) is 58.6 Å². The highest BCUT2D eigenvalue weighted by Crippen LogP contribution is 2.36. The van der Waals surface area contributed by atoms with Gasteiger partial charge < -0.3 is 15.0 Å². The van der Waals surface area contributed by atoms with Crippen molar-refractivity contribution in [1.29, 1.82) is 0 Å². The number of hydrogen-bond acceptors (Lipinski definition) is 3. The van der Waals surface area contributed by atoms with Gasteiger partial charge in [0, 0.05) is 19.8 Å². The second-order valence-corrected chi connectivity index (χ2v) is 6.00. The molecule has 1 N–H and O–H groups in total. The number of carbonyl (C=O) groups is 2. The monoisotopic (exact) mass is 282 g/mol. The highest BCUT2D eigenvalue weighted by Gasteiger charge is 2.47. The second kappa shape index (κ2) is 6.57. The van der Waals surface area contributed by atoms with Crippen LogP contribution in [0, 0.1) is 5.92 Å². The van der Waals surface area contributed by atoms with Gasteiger partial charge in [0.15, 0.2) is 0 Å².